The molecule has 16 heavy (non-hydrogen) atoms. The minimum Gasteiger partial charge on any atom is -0.294 e. The number of carbonyl (C=O) groups excluding carboxylic acids is 1. The maximum atomic E-state index is 12.1. The molecule has 2 rings (SSSR count). The van der Waals surface area contributed by atoms with E-state index < -0.39 is 0 Å². The molecule has 0 radical (unpaired) electrons. The van der Waals surface area contributed by atoms with Crippen LogP contribution in [0.2, 0.25) is 0 Å². The molecule has 2 nitrogen and oxygen atoms in total. The van der Waals surface area contributed by atoms with E-state index >= 15 is 0 Å². The molecule has 0 saturated heterocycles. The molecule has 0 unspecified atom stereocenters. The number of carbonyl (C=O) groups is 1. The SMILES string of the molecule is Cc1cccc(C)c1C(=O)Cc1cncs1. The molecule has 0 aliphatic carbocycles. The van der Waals surface area contributed by atoms with Crippen molar-refractivity contribution in [3.63, 3.8) is 0 Å². The van der Waals surface area contributed by atoms with Crippen LogP contribution in [0.15, 0.2) is 29.9 Å². The molecule has 0 amide bonds. The van der Waals surface area contributed by atoms with E-state index in [1.807, 2.05) is 32.0 Å². The van der Waals surface area contributed by atoms with E-state index in [-0.39, 0.29) is 5.78 Å². The smallest absolute Gasteiger partial charge is 0.168 e. The largest absolute Gasteiger partial charge is 0.294 e. The molecule has 82 valence electrons. The van der Waals surface area contributed by atoms with E-state index in [0.29, 0.717) is 6.42 Å². The van der Waals surface area contributed by atoms with E-state index in [1.54, 1.807) is 11.7 Å². The first-order valence-electron chi connectivity index (χ1n) is 5.15. The van der Waals surface area contributed by atoms with Gasteiger partial charge in [0.25, 0.3) is 0 Å². The van der Waals surface area contributed by atoms with Gasteiger partial charge in [0.2, 0.25) is 0 Å². The van der Waals surface area contributed by atoms with E-state index in [4.69, 9.17) is 0 Å². The van der Waals surface area contributed by atoms with Crippen molar-refractivity contribution in [2.24, 2.45) is 0 Å². The van der Waals surface area contributed by atoms with Crippen LogP contribution >= 0.6 is 11.3 Å². The number of rotatable bonds is 3. The summed E-state index contributed by atoms with van der Waals surface area (Å²) in [4.78, 5) is 17.1. The van der Waals surface area contributed by atoms with Gasteiger partial charge in [-0.3, -0.25) is 9.78 Å². The summed E-state index contributed by atoms with van der Waals surface area (Å²) in [5, 5.41) is 0. The van der Waals surface area contributed by atoms with Gasteiger partial charge in [0.1, 0.15) is 0 Å². The summed E-state index contributed by atoms with van der Waals surface area (Å²) in [5.41, 5.74) is 4.72. The number of Topliss-reactive ketones (excluding diaryl/α,β-unsaturated/α-hetero) is 1. The lowest BCUT2D eigenvalue weighted by Crippen LogP contribution is -2.06. The van der Waals surface area contributed by atoms with Gasteiger partial charge in [-0.2, -0.15) is 0 Å². The topological polar surface area (TPSA) is 30.0 Å². The van der Waals surface area contributed by atoms with E-state index in [2.05, 4.69) is 4.98 Å². The minimum atomic E-state index is 0.180. The number of hydrogen-bond donors (Lipinski definition) is 0. The molecule has 2 aromatic rings. The Morgan fingerprint density at radius 3 is 2.56 bits per heavy atom. The third-order valence-electron chi connectivity index (χ3n) is 2.58. The van der Waals surface area contributed by atoms with E-state index in [1.165, 1.54) is 11.3 Å². The number of hydrogen-bond acceptors (Lipinski definition) is 3. The number of ketones is 1. The highest BCUT2D eigenvalue weighted by Gasteiger charge is 2.12. The molecular formula is C13H13NOS. The number of thiazole rings is 1. The standard InChI is InChI=1S/C13H13NOS/c1-9-4-3-5-10(2)13(9)12(15)6-11-7-14-8-16-11/h3-5,7-8H,6H2,1-2H3. The van der Waals surface area contributed by atoms with Crippen LogP contribution in [0, 0.1) is 13.8 Å². The van der Waals surface area contributed by atoms with Gasteiger partial charge in [0.05, 0.1) is 5.51 Å². The summed E-state index contributed by atoms with van der Waals surface area (Å²) in [7, 11) is 0. The molecule has 0 atom stereocenters. The fourth-order valence-corrected chi connectivity index (χ4v) is 2.42. The van der Waals surface area contributed by atoms with Gasteiger partial charge in [-0.25, -0.2) is 0 Å². The second kappa shape index (κ2) is 4.58. The fraction of sp³-hybridized carbons (Fsp3) is 0.231. The predicted molar refractivity (Wildman–Crippen MR) is 66.1 cm³/mol. The Labute approximate surface area is 99.0 Å². The lowest BCUT2D eigenvalue weighted by Gasteiger charge is -2.07. The van der Waals surface area contributed by atoms with Crippen LogP contribution in [0.5, 0.6) is 0 Å². The summed E-state index contributed by atoms with van der Waals surface area (Å²) in [6.45, 7) is 3.96. The van der Waals surface area contributed by atoms with Crippen LogP contribution in [0.1, 0.15) is 26.4 Å². The van der Waals surface area contributed by atoms with Gasteiger partial charge in [0, 0.05) is 23.1 Å². The van der Waals surface area contributed by atoms with Crippen molar-refractivity contribution < 1.29 is 4.79 Å². The van der Waals surface area contributed by atoms with Gasteiger partial charge >= 0.3 is 0 Å². The minimum absolute atomic E-state index is 0.180. The molecule has 1 aromatic carbocycles. The van der Waals surface area contributed by atoms with Crippen molar-refractivity contribution in [2.75, 3.05) is 0 Å². The molecule has 0 aliphatic heterocycles. The third kappa shape index (κ3) is 2.19. The second-order valence-electron chi connectivity index (χ2n) is 3.83. The normalized spacial score (nSPS) is 10.4. The lowest BCUT2D eigenvalue weighted by molar-refractivity contribution is 0.0992. The third-order valence-corrected chi connectivity index (χ3v) is 3.36. The monoisotopic (exact) mass is 231 g/mol. The maximum absolute atomic E-state index is 12.1. The van der Waals surface area contributed by atoms with E-state index in [0.717, 1.165) is 21.6 Å². The van der Waals surface area contributed by atoms with Crippen LogP contribution in [-0.4, -0.2) is 10.8 Å². The van der Waals surface area contributed by atoms with Crippen LogP contribution in [0.4, 0.5) is 0 Å². The zero-order valence-corrected chi connectivity index (χ0v) is 10.2. The summed E-state index contributed by atoms with van der Waals surface area (Å²) < 4.78 is 0. The quantitative estimate of drug-likeness (QED) is 0.759. The number of aromatic nitrogens is 1. The van der Waals surface area contributed by atoms with E-state index in [9.17, 15) is 4.79 Å². The summed E-state index contributed by atoms with van der Waals surface area (Å²) in [6.07, 6.45) is 2.21. The van der Waals surface area contributed by atoms with Crippen molar-refractivity contribution >= 4 is 17.1 Å². The Morgan fingerprint density at radius 1 is 1.31 bits per heavy atom. The molecule has 1 aromatic heterocycles. The highest BCUT2D eigenvalue weighted by atomic mass is 32.1. The van der Waals surface area contributed by atoms with Crippen molar-refractivity contribution in [2.45, 2.75) is 20.3 Å². The first kappa shape index (κ1) is 11.0. The zero-order valence-electron chi connectivity index (χ0n) is 9.36. The summed E-state index contributed by atoms with van der Waals surface area (Å²) in [5.74, 6) is 0.180. The molecule has 0 spiro atoms. The molecule has 0 saturated carbocycles. The Bertz CT molecular complexity index is 482. The predicted octanol–water partition coefficient (Wildman–Crippen LogP) is 3.19. The first-order chi connectivity index (χ1) is 7.68. The number of aryl methyl sites for hydroxylation is 2. The number of nitrogens with zero attached hydrogens (tertiary/aromatic N) is 1. The molecule has 0 aliphatic rings. The van der Waals surface area contributed by atoms with Crippen LogP contribution in [0.25, 0.3) is 0 Å². The maximum Gasteiger partial charge on any atom is 0.168 e. The molecule has 3 heteroatoms. The summed E-state index contributed by atoms with van der Waals surface area (Å²) >= 11 is 1.53. The van der Waals surface area contributed by atoms with Crippen molar-refractivity contribution in [3.8, 4) is 0 Å². The lowest BCUT2D eigenvalue weighted by atomic mass is 9.97. The zero-order chi connectivity index (χ0) is 11.5. The van der Waals surface area contributed by atoms with Crippen molar-refractivity contribution in [1.82, 2.24) is 4.98 Å². The van der Waals surface area contributed by atoms with Crippen molar-refractivity contribution in [3.05, 3.63) is 51.5 Å². The fourth-order valence-electron chi connectivity index (χ4n) is 1.83. The van der Waals surface area contributed by atoms with Gasteiger partial charge in [-0.05, 0) is 25.0 Å². The molecule has 1 heterocycles. The second-order valence-corrected chi connectivity index (χ2v) is 4.81. The molecule has 0 bridgehead atoms. The van der Waals surface area contributed by atoms with Crippen LogP contribution < -0.4 is 0 Å². The molecule has 0 fully saturated rings. The Balaban J connectivity index is 2.28. The van der Waals surface area contributed by atoms with Gasteiger partial charge in [-0.15, -0.1) is 11.3 Å². The summed E-state index contributed by atoms with van der Waals surface area (Å²) in [6, 6.07) is 5.94. The van der Waals surface area contributed by atoms with Gasteiger partial charge in [-0.1, -0.05) is 18.2 Å². The average Bonchev–Trinajstić information content (AvgIpc) is 2.70. The molecule has 0 N–H and O–H groups in total. The first-order valence-corrected chi connectivity index (χ1v) is 6.03. The Hall–Kier alpha value is -1.48. The van der Waals surface area contributed by atoms with Crippen LogP contribution in [0.3, 0.4) is 0 Å². The molecular weight excluding hydrogens is 218 g/mol. The Kier molecular flexibility index (Phi) is 3.15. The van der Waals surface area contributed by atoms with Crippen LogP contribution in [-0.2, 0) is 6.42 Å². The van der Waals surface area contributed by atoms with Gasteiger partial charge in [0.15, 0.2) is 5.78 Å². The van der Waals surface area contributed by atoms with Gasteiger partial charge < -0.3 is 0 Å². The highest BCUT2D eigenvalue weighted by Crippen LogP contribution is 2.17. The number of benzene rings is 1. The average molecular weight is 231 g/mol. The highest BCUT2D eigenvalue weighted by molar-refractivity contribution is 7.09. The Morgan fingerprint density at radius 2 is 2.00 bits per heavy atom. The van der Waals surface area contributed by atoms with Crippen molar-refractivity contribution in [1.29, 1.82) is 0 Å².